The van der Waals surface area contributed by atoms with Crippen LogP contribution in [0.5, 0.6) is 0 Å². The number of carbonyl (C=O) groups excluding carboxylic acids is 2. The molecule has 2 aromatic carbocycles. The van der Waals surface area contributed by atoms with Crippen LogP contribution >= 0.6 is 0 Å². The molecule has 1 saturated heterocycles. The van der Waals surface area contributed by atoms with Crippen molar-refractivity contribution in [2.45, 2.75) is 6.92 Å². The Bertz CT molecular complexity index is 880. The van der Waals surface area contributed by atoms with Crippen molar-refractivity contribution in [3.05, 3.63) is 59.7 Å². The second-order valence-electron chi connectivity index (χ2n) is 6.18. The Morgan fingerprint density at radius 1 is 0.963 bits per heavy atom. The molecule has 3 rings (SSSR count). The van der Waals surface area contributed by atoms with Gasteiger partial charge in [0.05, 0.1) is 18.2 Å². The molecular weight excluding hydrogens is 342 g/mol. The minimum absolute atomic E-state index is 0.0955. The number of amides is 2. The molecule has 0 saturated carbocycles. The Labute approximate surface area is 158 Å². The predicted octanol–water partition coefficient (Wildman–Crippen LogP) is 3.14. The molecule has 0 atom stereocenters. The Morgan fingerprint density at radius 2 is 1.56 bits per heavy atom. The molecular formula is C21H21N3O3. The summed E-state index contributed by atoms with van der Waals surface area (Å²) in [6, 6.07) is 16.8. The van der Waals surface area contributed by atoms with Gasteiger partial charge in [-0.3, -0.25) is 4.79 Å². The smallest absolute Gasteiger partial charge is 0.409 e. The third-order valence-corrected chi connectivity index (χ3v) is 4.59. The summed E-state index contributed by atoms with van der Waals surface area (Å²) in [6.45, 7) is 3.90. The van der Waals surface area contributed by atoms with E-state index in [9.17, 15) is 14.9 Å². The first-order valence-corrected chi connectivity index (χ1v) is 8.95. The van der Waals surface area contributed by atoms with Crippen molar-refractivity contribution in [1.82, 2.24) is 9.80 Å². The summed E-state index contributed by atoms with van der Waals surface area (Å²) in [5.74, 6) is -0.0955. The molecule has 6 heteroatoms. The second kappa shape index (κ2) is 8.37. The monoisotopic (exact) mass is 363 g/mol. The molecule has 0 radical (unpaired) electrons. The average molecular weight is 363 g/mol. The van der Waals surface area contributed by atoms with E-state index < -0.39 is 0 Å². The van der Waals surface area contributed by atoms with E-state index in [0.717, 1.165) is 11.1 Å². The Balaban J connectivity index is 1.81. The van der Waals surface area contributed by atoms with E-state index in [-0.39, 0.29) is 12.0 Å². The van der Waals surface area contributed by atoms with E-state index in [2.05, 4.69) is 6.07 Å². The van der Waals surface area contributed by atoms with Gasteiger partial charge >= 0.3 is 6.09 Å². The molecule has 27 heavy (non-hydrogen) atoms. The van der Waals surface area contributed by atoms with Gasteiger partial charge in [0, 0.05) is 37.3 Å². The molecule has 1 aliphatic rings. The Morgan fingerprint density at radius 3 is 2.22 bits per heavy atom. The average Bonchev–Trinajstić information content (AvgIpc) is 2.73. The SMILES string of the molecule is CCOC(=O)N1CCN(C(=O)c2ccccc2-c2ccccc2C#N)CC1. The normalized spacial score (nSPS) is 13.8. The fourth-order valence-corrected chi connectivity index (χ4v) is 3.20. The molecule has 0 unspecified atom stereocenters. The Kier molecular flexibility index (Phi) is 5.72. The number of rotatable bonds is 3. The third-order valence-electron chi connectivity index (χ3n) is 4.59. The molecule has 2 amide bonds. The number of nitrogens with zero attached hydrogens (tertiary/aromatic N) is 3. The van der Waals surface area contributed by atoms with E-state index in [4.69, 9.17) is 4.74 Å². The van der Waals surface area contributed by atoms with Gasteiger partial charge in [-0.2, -0.15) is 5.26 Å². The van der Waals surface area contributed by atoms with E-state index >= 15 is 0 Å². The van der Waals surface area contributed by atoms with E-state index in [1.165, 1.54) is 0 Å². The minimum atomic E-state index is -0.340. The number of ether oxygens (including phenoxy) is 1. The molecule has 0 aliphatic carbocycles. The highest BCUT2D eigenvalue weighted by Crippen LogP contribution is 2.28. The van der Waals surface area contributed by atoms with Crippen molar-refractivity contribution in [2.75, 3.05) is 32.8 Å². The van der Waals surface area contributed by atoms with Crippen molar-refractivity contribution in [3.63, 3.8) is 0 Å². The summed E-state index contributed by atoms with van der Waals surface area (Å²) in [7, 11) is 0. The van der Waals surface area contributed by atoms with Crippen LogP contribution in [0.4, 0.5) is 4.79 Å². The lowest BCUT2D eigenvalue weighted by atomic mass is 9.95. The number of hydrogen-bond acceptors (Lipinski definition) is 4. The minimum Gasteiger partial charge on any atom is -0.450 e. The first kappa shape index (κ1) is 18.5. The van der Waals surface area contributed by atoms with Crippen molar-refractivity contribution in [1.29, 1.82) is 5.26 Å². The topological polar surface area (TPSA) is 73.6 Å². The highest BCUT2D eigenvalue weighted by atomic mass is 16.6. The molecule has 1 heterocycles. The molecule has 138 valence electrons. The number of piperazine rings is 1. The van der Waals surface area contributed by atoms with Crippen LogP contribution in [0.25, 0.3) is 11.1 Å². The molecule has 1 aliphatic heterocycles. The molecule has 0 bridgehead atoms. The van der Waals surface area contributed by atoms with Gasteiger partial charge in [0.2, 0.25) is 0 Å². The highest BCUT2D eigenvalue weighted by molar-refractivity contribution is 6.01. The zero-order chi connectivity index (χ0) is 19.2. The lowest BCUT2D eigenvalue weighted by molar-refractivity contribution is 0.0571. The van der Waals surface area contributed by atoms with Crippen LogP contribution in [-0.2, 0) is 4.74 Å². The summed E-state index contributed by atoms with van der Waals surface area (Å²) in [4.78, 5) is 28.3. The summed E-state index contributed by atoms with van der Waals surface area (Å²) in [5.41, 5.74) is 2.58. The number of benzene rings is 2. The number of nitriles is 1. The van der Waals surface area contributed by atoms with Gasteiger partial charge in [-0.25, -0.2) is 4.79 Å². The maximum absolute atomic E-state index is 13.1. The van der Waals surface area contributed by atoms with Crippen LogP contribution in [-0.4, -0.2) is 54.6 Å². The Hall–Kier alpha value is -3.33. The first-order valence-electron chi connectivity index (χ1n) is 8.95. The second-order valence-corrected chi connectivity index (χ2v) is 6.18. The van der Waals surface area contributed by atoms with Crippen LogP contribution in [0.15, 0.2) is 48.5 Å². The molecule has 0 aromatic heterocycles. The fraction of sp³-hybridized carbons (Fsp3) is 0.286. The predicted molar refractivity (Wildman–Crippen MR) is 101 cm³/mol. The maximum atomic E-state index is 13.1. The summed E-state index contributed by atoms with van der Waals surface area (Å²) in [6.07, 6.45) is -0.340. The quantitative estimate of drug-likeness (QED) is 0.840. The van der Waals surface area contributed by atoms with Crippen molar-refractivity contribution >= 4 is 12.0 Å². The van der Waals surface area contributed by atoms with Crippen LogP contribution in [0.3, 0.4) is 0 Å². The van der Waals surface area contributed by atoms with E-state index in [0.29, 0.717) is 43.9 Å². The van der Waals surface area contributed by atoms with Gasteiger partial charge in [-0.05, 0) is 24.6 Å². The van der Waals surface area contributed by atoms with Crippen LogP contribution in [0.2, 0.25) is 0 Å². The standard InChI is InChI=1S/C21H21N3O3/c1-2-27-21(26)24-13-11-23(12-14-24)20(25)19-10-6-5-9-18(19)17-8-4-3-7-16(17)15-22/h3-10H,2,11-14H2,1H3. The molecule has 0 N–H and O–H groups in total. The van der Waals surface area contributed by atoms with Crippen molar-refractivity contribution < 1.29 is 14.3 Å². The van der Waals surface area contributed by atoms with Gasteiger partial charge in [0.15, 0.2) is 0 Å². The maximum Gasteiger partial charge on any atom is 0.409 e. The summed E-state index contributed by atoms with van der Waals surface area (Å²) in [5, 5.41) is 9.39. The van der Waals surface area contributed by atoms with Gasteiger partial charge in [0.1, 0.15) is 0 Å². The van der Waals surface area contributed by atoms with Gasteiger partial charge in [0.25, 0.3) is 5.91 Å². The largest absolute Gasteiger partial charge is 0.450 e. The van der Waals surface area contributed by atoms with Gasteiger partial charge < -0.3 is 14.5 Å². The van der Waals surface area contributed by atoms with E-state index in [1.807, 2.05) is 30.3 Å². The summed E-state index contributed by atoms with van der Waals surface area (Å²) >= 11 is 0. The number of hydrogen-bond donors (Lipinski definition) is 0. The van der Waals surface area contributed by atoms with Crippen LogP contribution in [0, 0.1) is 11.3 Å². The lowest BCUT2D eigenvalue weighted by Crippen LogP contribution is -2.50. The first-order chi connectivity index (χ1) is 13.2. The molecule has 2 aromatic rings. The van der Waals surface area contributed by atoms with Crippen LogP contribution in [0.1, 0.15) is 22.8 Å². The highest BCUT2D eigenvalue weighted by Gasteiger charge is 2.27. The summed E-state index contributed by atoms with van der Waals surface area (Å²) < 4.78 is 5.02. The third kappa shape index (κ3) is 3.93. The van der Waals surface area contributed by atoms with Crippen molar-refractivity contribution in [2.24, 2.45) is 0 Å². The zero-order valence-electron chi connectivity index (χ0n) is 15.2. The van der Waals surface area contributed by atoms with Crippen molar-refractivity contribution in [3.8, 4) is 17.2 Å². The lowest BCUT2D eigenvalue weighted by Gasteiger charge is -2.34. The fourth-order valence-electron chi connectivity index (χ4n) is 3.20. The molecule has 1 fully saturated rings. The molecule has 6 nitrogen and oxygen atoms in total. The zero-order valence-corrected chi connectivity index (χ0v) is 15.2. The molecule has 0 spiro atoms. The van der Waals surface area contributed by atoms with Crippen LogP contribution < -0.4 is 0 Å². The van der Waals surface area contributed by atoms with E-state index in [1.54, 1.807) is 34.9 Å². The van der Waals surface area contributed by atoms with Gasteiger partial charge in [-0.15, -0.1) is 0 Å². The number of carbonyl (C=O) groups is 2. The van der Waals surface area contributed by atoms with Gasteiger partial charge in [-0.1, -0.05) is 36.4 Å².